The number of hydrogen-bond acceptors (Lipinski definition) is 4. The monoisotopic (exact) mass is 294 g/mol. The first-order valence-corrected chi connectivity index (χ1v) is 7.87. The van der Waals surface area contributed by atoms with Crippen LogP contribution in [-0.2, 0) is 0 Å². The van der Waals surface area contributed by atoms with Crippen molar-refractivity contribution < 1.29 is 4.39 Å². The molecule has 1 fully saturated rings. The maximum absolute atomic E-state index is 13.6. The Hall–Kier alpha value is -1.36. The van der Waals surface area contributed by atoms with Gasteiger partial charge in [0, 0.05) is 31.2 Å². The van der Waals surface area contributed by atoms with Gasteiger partial charge in [-0.05, 0) is 40.5 Å². The van der Waals surface area contributed by atoms with Crippen molar-refractivity contribution >= 4 is 11.5 Å². The number of nitrogens with zero attached hydrogens (tertiary/aromatic N) is 3. The molecule has 0 radical (unpaired) electrons. The van der Waals surface area contributed by atoms with Crippen molar-refractivity contribution in [1.29, 1.82) is 0 Å². The van der Waals surface area contributed by atoms with Crippen LogP contribution in [0.4, 0.5) is 15.9 Å². The van der Waals surface area contributed by atoms with Gasteiger partial charge in [-0.25, -0.2) is 14.4 Å². The second-order valence-electron chi connectivity index (χ2n) is 6.63. The van der Waals surface area contributed by atoms with Gasteiger partial charge in [-0.15, -0.1) is 0 Å². The smallest absolute Gasteiger partial charge is 0.166 e. The molecule has 118 valence electrons. The molecule has 0 amide bonds. The fourth-order valence-corrected chi connectivity index (χ4v) is 2.74. The molecule has 1 N–H and O–H groups in total. The predicted octanol–water partition coefficient (Wildman–Crippen LogP) is 3.66. The number of piperidine rings is 1. The number of aromatic nitrogens is 1. The zero-order valence-corrected chi connectivity index (χ0v) is 13.6. The molecule has 2 heterocycles. The zero-order chi connectivity index (χ0) is 15.5. The number of nitrogens with one attached hydrogen (secondary N) is 1. The minimum Gasteiger partial charge on any atom is -0.377 e. The predicted molar refractivity (Wildman–Crippen MR) is 86.0 cm³/mol. The Morgan fingerprint density at radius 1 is 1.29 bits per heavy atom. The van der Waals surface area contributed by atoms with Crippen molar-refractivity contribution in [2.24, 2.45) is 0 Å². The molecule has 2 rings (SSSR count). The minimum absolute atomic E-state index is 0.133. The summed E-state index contributed by atoms with van der Waals surface area (Å²) in [6.45, 7) is 11.2. The minimum atomic E-state index is -0.305. The Labute approximate surface area is 127 Å². The Balaban J connectivity index is 2.30. The zero-order valence-electron chi connectivity index (χ0n) is 13.6. The van der Waals surface area contributed by atoms with Gasteiger partial charge in [0.2, 0.25) is 0 Å². The number of anilines is 2. The Morgan fingerprint density at radius 3 is 2.52 bits per heavy atom. The number of halogens is 1. The summed E-state index contributed by atoms with van der Waals surface area (Å²) in [7, 11) is 0. The Kier molecular flexibility index (Phi) is 5.04. The highest BCUT2D eigenvalue weighted by Gasteiger charge is 2.23. The highest BCUT2D eigenvalue weighted by molar-refractivity contribution is 5.66. The van der Waals surface area contributed by atoms with Crippen LogP contribution in [-0.4, -0.2) is 35.2 Å². The molecule has 0 aliphatic carbocycles. The normalized spacial score (nSPS) is 16.8. The van der Waals surface area contributed by atoms with Crippen molar-refractivity contribution in [1.82, 2.24) is 9.99 Å². The topological polar surface area (TPSA) is 31.4 Å². The maximum Gasteiger partial charge on any atom is 0.166 e. The molecule has 0 saturated carbocycles. The first-order chi connectivity index (χ1) is 9.90. The average Bonchev–Trinajstić information content (AvgIpc) is 2.41. The molecule has 21 heavy (non-hydrogen) atoms. The van der Waals surface area contributed by atoms with E-state index in [-0.39, 0.29) is 11.4 Å². The van der Waals surface area contributed by atoms with E-state index in [2.05, 4.69) is 48.0 Å². The summed E-state index contributed by atoms with van der Waals surface area (Å²) in [5, 5.41) is 7.88. The molecule has 1 saturated heterocycles. The van der Waals surface area contributed by atoms with E-state index in [4.69, 9.17) is 0 Å². The van der Waals surface area contributed by atoms with Gasteiger partial charge in [-0.1, -0.05) is 6.42 Å². The van der Waals surface area contributed by atoms with E-state index >= 15 is 0 Å². The first-order valence-electron chi connectivity index (χ1n) is 7.87. The van der Waals surface area contributed by atoms with Crippen LogP contribution in [0.3, 0.4) is 0 Å². The second kappa shape index (κ2) is 6.60. The summed E-state index contributed by atoms with van der Waals surface area (Å²) >= 11 is 0. The summed E-state index contributed by atoms with van der Waals surface area (Å²) in [4.78, 5) is 4.36. The third-order valence-corrected chi connectivity index (χ3v) is 3.56. The van der Waals surface area contributed by atoms with Crippen molar-refractivity contribution in [2.45, 2.75) is 52.5 Å². The maximum atomic E-state index is 13.6. The van der Waals surface area contributed by atoms with Crippen LogP contribution >= 0.6 is 0 Å². The summed E-state index contributed by atoms with van der Waals surface area (Å²) in [6.07, 6.45) is 5.01. The van der Waals surface area contributed by atoms with Crippen LogP contribution in [0.25, 0.3) is 0 Å². The molecule has 1 aliphatic rings. The van der Waals surface area contributed by atoms with Gasteiger partial charge in [-0.2, -0.15) is 0 Å². The third-order valence-electron chi connectivity index (χ3n) is 3.56. The Bertz CT molecular complexity index is 464. The third kappa shape index (κ3) is 4.30. The molecule has 0 aromatic carbocycles. The first kappa shape index (κ1) is 16.0. The molecule has 1 aromatic heterocycles. The van der Waals surface area contributed by atoms with Crippen LogP contribution in [0.2, 0.25) is 0 Å². The van der Waals surface area contributed by atoms with Crippen LogP contribution in [0.5, 0.6) is 0 Å². The highest BCUT2D eigenvalue weighted by Crippen LogP contribution is 2.29. The van der Waals surface area contributed by atoms with E-state index in [1.165, 1.54) is 25.5 Å². The molecule has 4 nitrogen and oxygen atoms in total. The van der Waals surface area contributed by atoms with E-state index in [0.29, 0.717) is 0 Å². The average molecular weight is 294 g/mol. The summed E-state index contributed by atoms with van der Waals surface area (Å²) in [5.41, 5.74) is 0.626. The van der Waals surface area contributed by atoms with Gasteiger partial charge >= 0.3 is 0 Å². The standard InChI is InChI=1S/C16H27FN4/c1-5-21(20-9-7-6-8-10-20)15-14(19-16(2,3)4)11-13(17)12-18-15/h11-12,19H,5-10H2,1-4H3. The molecule has 0 spiro atoms. The number of hydrazine groups is 1. The fraction of sp³-hybridized carbons (Fsp3) is 0.688. The second-order valence-corrected chi connectivity index (χ2v) is 6.63. The lowest BCUT2D eigenvalue weighted by atomic mass is 10.1. The van der Waals surface area contributed by atoms with Crippen LogP contribution in [0, 0.1) is 5.82 Å². The van der Waals surface area contributed by atoms with E-state index in [1.54, 1.807) is 6.07 Å². The molecule has 0 atom stereocenters. The summed E-state index contributed by atoms with van der Waals surface area (Å²) in [6, 6.07) is 1.54. The van der Waals surface area contributed by atoms with Crippen molar-refractivity contribution in [3.05, 3.63) is 18.1 Å². The van der Waals surface area contributed by atoms with E-state index < -0.39 is 0 Å². The lowest BCUT2D eigenvalue weighted by Gasteiger charge is -2.39. The van der Waals surface area contributed by atoms with Gasteiger partial charge in [0.05, 0.1) is 11.9 Å². The Morgan fingerprint density at radius 2 is 1.95 bits per heavy atom. The van der Waals surface area contributed by atoms with Crippen molar-refractivity contribution in [3.8, 4) is 0 Å². The summed E-state index contributed by atoms with van der Waals surface area (Å²) < 4.78 is 13.6. The number of hydrogen-bond donors (Lipinski definition) is 1. The molecule has 5 heteroatoms. The molecule has 0 unspecified atom stereocenters. The van der Waals surface area contributed by atoms with Crippen LogP contribution < -0.4 is 10.3 Å². The van der Waals surface area contributed by atoms with E-state index in [0.717, 1.165) is 31.1 Å². The molecule has 1 aromatic rings. The number of pyridine rings is 1. The number of rotatable bonds is 4. The largest absolute Gasteiger partial charge is 0.377 e. The van der Waals surface area contributed by atoms with Crippen LogP contribution in [0.1, 0.15) is 47.0 Å². The van der Waals surface area contributed by atoms with E-state index in [9.17, 15) is 4.39 Å². The SMILES string of the molecule is CCN(c1ncc(F)cc1NC(C)(C)C)N1CCCCC1. The van der Waals surface area contributed by atoms with E-state index in [1.807, 2.05) is 0 Å². The quantitative estimate of drug-likeness (QED) is 0.918. The van der Waals surface area contributed by atoms with Gasteiger partial charge in [0.15, 0.2) is 5.82 Å². The van der Waals surface area contributed by atoms with Crippen molar-refractivity contribution in [2.75, 3.05) is 30.0 Å². The van der Waals surface area contributed by atoms with Gasteiger partial charge in [0.1, 0.15) is 5.82 Å². The van der Waals surface area contributed by atoms with Gasteiger partial charge < -0.3 is 5.32 Å². The molecule has 0 bridgehead atoms. The molecule has 1 aliphatic heterocycles. The summed E-state index contributed by atoms with van der Waals surface area (Å²) in [5.74, 6) is 0.510. The fourth-order valence-electron chi connectivity index (χ4n) is 2.74. The molecular weight excluding hydrogens is 267 g/mol. The van der Waals surface area contributed by atoms with Gasteiger partial charge in [0.25, 0.3) is 0 Å². The highest BCUT2D eigenvalue weighted by atomic mass is 19.1. The molecular formula is C16H27FN4. The van der Waals surface area contributed by atoms with Gasteiger partial charge in [-0.3, -0.25) is 5.01 Å². The lowest BCUT2D eigenvalue weighted by Crippen LogP contribution is -2.46. The van der Waals surface area contributed by atoms with Crippen molar-refractivity contribution in [3.63, 3.8) is 0 Å². The lowest BCUT2D eigenvalue weighted by molar-refractivity contribution is 0.209. The van der Waals surface area contributed by atoms with Crippen LogP contribution in [0.15, 0.2) is 12.3 Å².